The molecular weight excluding hydrogens is 330 g/mol. The monoisotopic (exact) mass is 341 g/mol. The normalized spacial score (nSPS) is 12.6. The molecule has 2 aromatic heterocycles. The standard InChI is InChI=1S/C16H12ClN5O2/c17-10-4-1-2-5-11(10)19-16-14-8-18-9-21(14)15-12(20-16)6-3-7-13(15)22(23)24/h1-9,22-23H,(H,19,20). The number of nitrogens with zero attached hydrogens (tertiary/aromatic N) is 3. The molecule has 0 aliphatic rings. The van der Waals surface area contributed by atoms with Crippen molar-refractivity contribution in [3.05, 3.63) is 65.2 Å². The van der Waals surface area contributed by atoms with Crippen LogP contribution in [0.1, 0.15) is 0 Å². The van der Waals surface area contributed by atoms with Gasteiger partial charge in [-0.15, -0.1) is 0 Å². The van der Waals surface area contributed by atoms with Crippen molar-refractivity contribution in [2.45, 2.75) is 0 Å². The van der Waals surface area contributed by atoms with Gasteiger partial charge >= 0.3 is 0 Å². The van der Waals surface area contributed by atoms with E-state index >= 15 is 0 Å². The lowest BCUT2D eigenvalue weighted by molar-refractivity contribution is -0.990. The molecular formula is C16H12ClN5O2. The van der Waals surface area contributed by atoms with Crippen molar-refractivity contribution in [2.75, 3.05) is 5.32 Å². The van der Waals surface area contributed by atoms with E-state index < -0.39 is 5.23 Å². The third-order valence-corrected chi connectivity index (χ3v) is 4.06. The third kappa shape index (κ3) is 2.36. The van der Waals surface area contributed by atoms with Gasteiger partial charge in [0, 0.05) is 6.07 Å². The van der Waals surface area contributed by atoms with Crippen LogP contribution in [0.4, 0.5) is 17.2 Å². The minimum atomic E-state index is -1.01. The van der Waals surface area contributed by atoms with Crippen molar-refractivity contribution in [2.24, 2.45) is 0 Å². The predicted octanol–water partition coefficient (Wildman–Crippen LogP) is 2.68. The molecule has 0 saturated heterocycles. The van der Waals surface area contributed by atoms with E-state index in [2.05, 4.69) is 15.3 Å². The molecule has 1 atom stereocenters. The summed E-state index contributed by atoms with van der Waals surface area (Å²) in [5.74, 6) is 0.552. The van der Waals surface area contributed by atoms with Gasteiger partial charge in [-0.25, -0.2) is 15.2 Å². The van der Waals surface area contributed by atoms with Gasteiger partial charge in [-0.05, 0) is 18.2 Å². The zero-order valence-corrected chi connectivity index (χ0v) is 13.0. The fourth-order valence-electron chi connectivity index (χ4n) is 2.66. The molecule has 4 rings (SSSR count). The van der Waals surface area contributed by atoms with Gasteiger partial charge in [-0.3, -0.25) is 4.40 Å². The Morgan fingerprint density at radius 1 is 1.17 bits per heavy atom. The molecule has 2 heterocycles. The molecule has 2 aromatic carbocycles. The van der Waals surface area contributed by atoms with E-state index in [4.69, 9.17) is 11.6 Å². The van der Waals surface area contributed by atoms with Crippen molar-refractivity contribution in [3.63, 3.8) is 0 Å². The van der Waals surface area contributed by atoms with Crippen molar-refractivity contribution in [3.8, 4) is 0 Å². The first-order valence-corrected chi connectivity index (χ1v) is 7.52. The van der Waals surface area contributed by atoms with Gasteiger partial charge in [0.25, 0.3) is 0 Å². The summed E-state index contributed by atoms with van der Waals surface area (Å²) < 4.78 is 1.71. The Kier molecular flexibility index (Phi) is 3.55. The first-order chi connectivity index (χ1) is 11.6. The van der Waals surface area contributed by atoms with E-state index in [9.17, 15) is 10.4 Å². The first-order valence-electron chi connectivity index (χ1n) is 7.15. The molecule has 3 N–H and O–H groups in total. The number of anilines is 2. The predicted molar refractivity (Wildman–Crippen MR) is 91.0 cm³/mol. The molecule has 0 bridgehead atoms. The van der Waals surface area contributed by atoms with Crippen LogP contribution < -0.4 is 10.5 Å². The Morgan fingerprint density at radius 3 is 2.79 bits per heavy atom. The van der Waals surface area contributed by atoms with Crippen molar-refractivity contribution in [1.82, 2.24) is 14.4 Å². The van der Waals surface area contributed by atoms with Gasteiger partial charge < -0.3 is 10.5 Å². The maximum atomic E-state index is 11.5. The summed E-state index contributed by atoms with van der Waals surface area (Å²) in [5, 5.41) is 23.7. The molecule has 1 unspecified atom stereocenters. The van der Waals surface area contributed by atoms with E-state index in [-0.39, 0.29) is 5.69 Å². The molecule has 7 nitrogen and oxygen atoms in total. The number of benzene rings is 2. The van der Waals surface area contributed by atoms with Gasteiger partial charge in [-0.2, -0.15) is 5.23 Å². The summed E-state index contributed by atoms with van der Waals surface area (Å²) in [6.45, 7) is 0. The number of aromatic nitrogens is 3. The highest BCUT2D eigenvalue weighted by molar-refractivity contribution is 6.33. The highest BCUT2D eigenvalue weighted by atomic mass is 35.5. The Bertz CT molecular complexity index is 1050. The number of fused-ring (bicyclic) bond motifs is 3. The third-order valence-electron chi connectivity index (χ3n) is 3.73. The second-order valence-electron chi connectivity index (χ2n) is 5.19. The molecule has 0 fully saturated rings. The van der Waals surface area contributed by atoms with E-state index in [0.29, 0.717) is 33.1 Å². The van der Waals surface area contributed by atoms with Gasteiger partial charge in [0.2, 0.25) is 0 Å². The number of rotatable bonds is 3. The summed E-state index contributed by atoms with van der Waals surface area (Å²) in [7, 11) is 0. The van der Waals surface area contributed by atoms with Crippen molar-refractivity contribution in [1.29, 1.82) is 0 Å². The minimum absolute atomic E-state index is 0.173. The summed E-state index contributed by atoms with van der Waals surface area (Å²) >= 11 is 6.19. The zero-order chi connectivity index (χ0) is 16.7. The van der Waals surface area contributed by atoms with Crippen LogP contribution in [0.3, 0.4) is 0 Å². The number of halogens is 1. The van der Waals surface area contributed by atoms with Crippen molar-refractivity contribution < 1.29 is 10.4 Å². The van der Waals surface area contributed by atoms with Crippen LogP contribution in [0, 0.1) is 5.21 Å². The molecule has 0 radical (unpaired) electrons. The molecule has 24 heavy (non-hydrogen) atoms. The number of quaternary nitrogens is 1. The average Bonchev–Trinajstić information content (AvgIpc) is 3.06. The minimum Gasteiger partial charge on any atom is -0.595 e. The van der Waals surface area contributed by atoms with Crippen LogP contribution in [-0.4, -0.2) is 19.6 Å². The van der Waals surface area contributed by atoms with E-state index in [1.807, 2.05) is 18.2 Å². The quantitative estimate of drug-likeness (QED) is 0.498. The molecule has 0 amide bonds. The Morgan fingerprint density at radius 2 is 2.00 bits per heavy atom. The molecule has 120 valence electrons. The van der Waals surface area contributed by atoms with Crippen LogP contribution in [-0.2, 0) is 0 Å². The first kappa shape index (κ1) is 14.9. The lowest BCUT2D eigenvalue weighted by Gasteiger charge is -2.16. The average molecular weight is 342 g/mol. The van der Waals surface area contributed by atoms with Gasteiger partial charge in [0.15, 0.2) is 11.5 Å². The highest BCUT2D eigenvalue weighted by Gasteiger charge is 2.16. The fraction of sp³-hybridized carbons (Fsp3) is 0. The Hall–Kier alpha value is -2.71. The number of hydrogen-bond acceptors (Lipinski definition) is 5. The van der Waals surface area contributed by atoms with E-state index in [1.165, 1.54) is 0 Å². The zero-order valence-electron chi connectivity index (χ0n) is 12.3. The molecule has 0 aliphatic heterocycles. The fourth-order valence-corrected chi connectivity index (χ4v) is 2.84. The largest absolute Gasteiger partial charge is 0.595 e. The number of hydrogen-bond donors (Lipinski definition) is 3. The van der Waals surface area contributed by atoms with Gasteiger partial charge in [0.1, 0.15) is 17.4 Å². The summed E-state index contributed by atoms with van der Waals surface area (Å²) in [5.41, 5.74) is 2.60. The van der Waals surface area contributed by atoms with Crippen LogP contribution in [0.2, 0.25) is 5.02 Å². The van der Waals surface area contributed by atoms with Crippen LogP contribution in [0.25, 0.3) is 16.6 Å². The number of nitrogens with one attached hydrogen (secondary N) is 2. The maximum absolute atomic E-state index is 11.5. The number of para-hydroxylation sites is 2. The highest BCUT2D eigenvalue weighted by Crippen LogP contribution is 2.29. The van der Waals surface area contributed by atoms with Crippen LogP contribution in [0.15, 0.2) is 55.0 Å². The molecule has 0 aliphatic carbocycles. The Labute approximate surface area is 141 Å². The van der Waals surface area contributed by atoms with E-state index in [1.54, 1.807) is 41.2 Å². The maximum Gasteiger partial charge on any atom is 0.190 e. The van der Waals surface area contributed by atoms with Crippen molar-refractivity contribution >= 4 is 45.3 Å². The lowest BCUT2D eigenvalue weighted by atomic mass is 10.2. The number of imidazole rings is 1. The smallest absolute Gasteiger partial charge is 0.190 e. The molecule has 4 aromatic rings. The lowest BCUT2D eigenvalue weighted by Crippen LogP contribution is -2.99. The molecule has 0 saturated carbocycles. The van der Waals surface area contributed by atoms with Crippen LogP contribution >= 0.6 is 11.6 Å². The second-order valence-corrected chi connectivity index (χ2v) is 5.60. The summed E-state index contributed by atoms with van der Waals surface area (Å²) in [4.78, 5) is 8.69. The summed E-state index contributed by atoms with van der Waals surface area (Å²) in [6.07, 6.45) is 3.20. The van der Waals surface area contributed by atoms with Gasteiger partial charge in [0.05, 0.1) is 22.4 Å². The van der Waals surface area contributed by atoms with E-state index in [0.717, 1.165) is 0 Å². The topological polar surface area (TPSA) is 90.0 Å². The SMILES string of the molecule is [O-][NH+](O)c1cccc2nc(Nc3ccccc3Cl)c3cncn3c12. The summed E-state index contributed by atoms with van der Waals surface area (Å²) in [6, 6.07) is 12.3. The Balaban J connectivity index is 1.97. The molecule has 0 spiro atoms. The second kappa shape index (κ2) is 5.73. The van der Waals surface area contributed by atoms with Gasteiger partial charge in [-0.1, -0.05) is 29.8 Å². The molecule has 8 heteroatoms. The van der Waals surface area contributed by atoms with Crippen LogP contribution in [0.5, 0.6) is 0 Å².